The quantitative estimate of drug-likeness (QED) is 0.734. The van der Waals surface area contributed by atoms with E-state index in [4.69, 9.17) is 0 Å². The third kappa shape index (κ3) is 2.59. The molecule has 2 heteroatoms. The molecule has 0 bridgehead atoms. The predicted molar refractivity (Wildman–Crippen MR) is 68.1 cm³/mol. The third-order valence-electron chi connectivity index (χ3n) is 3.01. The molecule has 0 aliphatic rings. The molecule has 0 unspecified atom stereocenters. The lowest BCUT2D eigenvalue weighted by atomic mass is 9.92. The van der Waals surface area contributed by atoms with E-state index in [-0.39, 0.29) is 5.92 Å². The van der Waals surface area contributed by atoms with Gasteiger partial charge in [0.05, 0.1) is 0 Å². The highest BCUT2D eigenvalue weighted by molar-refractivity contribution is 5.83. The highest BCUT2D eigenvalue weighted by Crippen LogP contribution is 2.25. The van der Waals surface area contributed by atoms with Crippen molar-refractivity contribution in [2.75, 3.05) is 0 Å². The van der Waals surface area contributed by atoms with E-state index in [0.717, 1.165) is 23.5 Å². The van der Waals surface area contributed by atoms with Gasteiger partial charge >= 0.3 is 0 Å². The van der Waals surface area contributed by atoms with Gasteiger partial charge in [0.2, 0.25) is 0 Å². The number of hydrogen-bond donors (Lipinski definition) is 0. The lowest BCUT2D eigenvalue weighted by Gasteiger charge is -2.12. The molecule has 0 saturated carbocycles. The van der Waals surface area contributed by atoms with Crippen LogP contribution in [0.2, 0.25) is 0 Å². The van der Waals surface area contributed by atoms with Gasteiger partial charge in [0.25, 0.3) is 0 Å². The standard InChI is InChI=1S/C15H14O2/c16-9-7-13(8-10-17)15-6-5-12-3-1-2-4-14(12)11-15/h1-6,9-11,13H,7-8H2. The average Bonchev–Trinajstić information content (AvgIpc) is 2.38. The Labute approximate surface area is 100 Å². The summed E-state index contributed by atoms with van der Waals surface area (Å²) in [6, 6.07) is 14.2. The van der Waals surface area contributed by atoms with Gasteiger partial charge < -0.3 is 9.59 Å². The Morgan fingerprint density at radius 1 is 0.882 bits per heavy atom. The van der Waals surface area contributed by atoms with Gasteiger partial charge in [0, 0.05) is 12.8 Å². The predicted octanol–water partition coefficient (Wildman–Crippen LogP) is 3.10. The van der Waals surface area contributed by atoms with Gasteiger partial charge in [0.15, 0.2) is 0 Å². The number of carbonyl (C=O) groups is 2. The summed E-state index contributed by atoms with van der Waals surface area (Å²) in [4.78, 5) is 21.2. The largest absolute Gasteiger partial charge is 0.303 e. The van der Waals surface area contributed by atoms with Crippen LogP contribution in [0, 0.1) is 0 Å². The van der Waals surface area contributed by atoms with Crippen LogP contribution in [0.5, 0.6) is 0 Å². The van der Waals surface area contributed by atoms with Gasteiger partial charge in [-0.25, -0.2) is 0 Å². The van der Waals surface area contributed by atoms with Crippen LogP contribution in [0.3, 0.4) is 0 Å². The zero-order valence-electron chi connectivity index (χ0n) is 9.50. The molecule has 0 atom stereocenters. The van der Waals surface area contributed by atoms with Crippen LogP contribution in [0.1, 0.15) is 24.3 Å². The van der Waals surface area contributed by atoms with E-state index in [0.29, 0.717) is 12.8 Å². The zero-order chi connectivity index (χ0) is 12.1. The van der Waals surface area contributed by atoms with Crippen LogP contribution < -0.4 is 0 Å². The summed E-state index contributed by atoms with van der Waals surface area (Å²) >= 11 is 0. The van der Waals surface area contributed by atoms with Gasteiger partial charge in [-0.3, -0.25) is 0 Å². The van der Waals surface area contributed by atoms with E-state index < -0.39 is 0 Å². The first-order chi connectivity index (χ1) is 8.35. The molecule has 2 aromatic rings. The Hall–Kier alpha value is -1.96. The molecular formula is C15H14O2. The second-order valence-electron chi connectivity index (χ2n) is 4.11. The van der Waals surface area contributed by atoms with E-state index in [1.165, 1.54) is 5.39 Å². The molecule has 0 radical (unpaired) electrons. The van der Waals surface area contributed by atoms with E-state index in [2.05, 4.69) is 6.07 Å². The maximum atomic E-state index is 10.6. The Balaban J connectivity index is 2.39. The van der Waals surface area contributed by atoms with E-state index in [1.54, 1.807) is 0 Å². The summed E-state index contributed by atoms with van der Waals surface area (Å²) in [6.07, 6.45) is 2.56. The summed E-state index contributed by atoms with van der Waals surface area (Å²) in [5.41, 5.74) is 1.06. The van der Waals surface area contributed by atoms with E-state index in [9.17, 15) is 9.59 Å². The van der Waals surface area contributed by atoms with Crippen molar-refractivity contribution >= 4 is 23.3 Å². The maximum Gasteiger partial charge on any atom is 0.120 e. The minimum Gasteiger partial charge on any atom is -0.303 e. The number of rotatable bonds is 5. The lowest BCUT2D eigenvalue weighted by Crippen LogP contribution is -2.00. The molecule has 2 aromatic carbocycles. The topological polar surface area (TPSA) is 34.1 Å². The molecule has 0 aromatic heterocycles. The Bertz CT molecular complexity index is 521. The van der Waals surface area contributed by atoms with Crippen molar-refractivity contribution in [3.63, 3.8) is 0 Å². The molecule has 0 spiro atoms. The monoisotopic (exact) mass is 226 g/mol. The molecule has 17 heavy (non-hydrogen) atoms. The van der Waals surface area contributed by atoms with Crippen LogP contribution in [-0.4, -0.2) is 12.6 Å². The first-order valence-corrected chi connectivity index (χ1v) is 5.71. The van der Waals surface area contributed by atoms with Crippen LogP contribution in [-0.2, 0) is 9.59 Å². The molecule has 0 fully saturated rings. The first kappa shape index (κ1) is 11.5. The maximum absolute atomic E-state index is 10.6. The van der Waals surface area contributed by atoms with E-state index >= 15 is 0 Å². The summed E-state index contributed by atoms with van der Waals surface area (Å²) in [5, 5.41) is 2.32. The summed E-state index contributed by atoms with van der Waals surface area (Å²) in [6.45, 7) is 0. The normalized spacial score (nSPS) is 10.6. The van der Waals surface area contributed by atoms with Gasteiger partial charge in [-0.2, -0.15) is 0 Å². The smallest absolute Gasteiger partial charge is 0.120 e. The average molecular weight is 226 g/mol. The lowest BCUT2D eigenvalue weighted by molar-refractivity contribution is -0.109. The van der Waals surface area contributed by atoms with Crippen molar-refractivity contribution in [2.24, 2.45) is 0 Å². The highest BCUT2D eigenvalue weighted by Gasteiger charge is 2.10. The molecule has 0 aliphatic carbocycles. The summed E-state index contributed by atoms with van der Waals surface area (Å²) in [7, 11) is 0. The van der Waals surface area contributed by atoms with Crippen LogP contribution >= 0.6 is 0 Å². The molecule has 0 heterocycles. The fourth-order valence-corrected chi connectivity index (χ4v) is 2.06. The molecule has 0 N–H and O–H groups in total. The zero-order valence-corrected chi connectivity index (χ0v) is 9.50. The number of benzene rings is 2. The number of carbonyl (C=O) groups excluding carboxylic acids is 2. The Morgan fingerprint density at radius 3 is 2.18 bits per heavy atom. The number of aldehydes is 2. The van der Waals surface area contributed by atoms with Crippen LogP contribution in [0.25, 0.3) is 10.8 Å². The van der Waals surface area contributed by atoms with Crippen LogP contribution in [0.4, 0.5) is 0 Å². The third-order valence-corrected chi connectivity index (χ3v) is 3.01. The molecule has 0 amide bonds. The fraction of sp³-hybridized carbons (Fsp3) is 0.200. The van der Waals surface area contributed by atoms with Crippen molar-refractivity contribution in [1.82, 2.24) is 0 Å². The van der Waals surface area contributed by atoms with Gasteiger partial charge in [-0.15, -0.1) is 0 Å². The van der Waals surface area contributed by atoms with Gasteiger partial charge in [-0.1, -0.05) is 42.5 Å². The second kappa shape index (κ2) is 5.39. The molecule has 0 saturated heterocycles. The van der Waals surface area contributed by atoms with Crippen LogP contribution in [0.15, 0.2) is 42.5 Å². The first-order valence-electron chi connectivity index (χ1n) is 5.71. The molecule has 86 valence electrons. The molecule has 2 nitrogen and oxygen atoms in total. The Kier molecular flexibility index (Phi) is 3.66. The minimum atomic E-state index is 0.00889. The number of fused-ring (bicyclic) bond motifs is 1. The van der Waals surface area contributed by atoms with Crippen molar-refractivity contribution in [3.05, 3.63) is 48.0 Å². The minimum absolute atomic E-state index is 0.00889. The number of hydrogen-bond acceptors (Lipinski definition) is 2. The SMILES string of the molecule is O=CCC(CC=O)c1ccc2ccccc2c1. The van der Waals surface area contributed by atoms with Crippen molar-refractivity contribution in [1.29, 1.82) is 0 Å². The molecule has 0 aliphatic heterocycles. The Morgan fingerprint density at radius 2 is 1.53 bits per heavy atom. The highest BCUT2D eigenvalue weighted by atomic mass is 16.1. The van der Waals surface area contributed by atoms with Crippen molar-refractivity contribution in [3.8, 4) is 0 Å². The summed E-state index contributed by atoms with van der Waals surface area (Å²) < 4.78 is 0. The summed E-state index contributed by atoms with van der Waals surface area (Å²) in [5.74, 6) is 0.00889. The van der Waals surface area contributed by atoms with Crippen molar-refractivity contribution in [2.45, 2.75) is 18.8 Å². The van der Waals surface area contributed by atoms with Gasteiger partial charge in [-0.05, 0) is 22.3 Å². The second-order valence-corrected chi connectivity index (χ2v) is 4.11. The molecular weight excluding hydrogens is 212 g/mol. The van der Waals surface area contributed by atoms with Crippen molar-refractivity contribution < 1.29 is 9.59 Å². The fourth-order valence-electron chi connectivity index (χ4n) is 2.06. The van der Waals surface area contributed by atoms with Gasteiger partial charge in [0.1, 0.15) is 12.6 Å². The van der Waals surface area contributed by atoms with E-state index in [1.807, 2.05) is 36.4 Å². The molecule has 2 rings (SSSR count).